The Hall–Kier alpha value is -3.78. The van der Waals surface area contributed by atoms with Crippen molar-refractivity contribution in [3.63, 3.8) is 0 Å². The third kappa shape index (κ3) is 4.35. The Morgan fingerprint density at radius 2 is 1.68 bits per heavy atom. The van der Waals surface area contributed by atoms with Crippen LogP contribution in [0.2, 0.25) is 0 Å². The number of hydrogen-bond donors (Lipinski definition) is 2. The van der Waals surface area contributed by atoms with E-state index in [-0.39, 0.29) is 0 Å². The van der Waals surface area contributed by atoms with Gasteiger partial charge in [-0.05, 0) is 75.0 Å². The van der Waals surface area contributed by atoms with Gasteiger partial charge >= 0.3 is 0 Å². The topological polar surface area (TPSA) is 89.6 Å². The maximum absolute atomic E-state index is 5.04. The summed E-state index contributed by atoms with van der Waals surface area (Å²) < 4.78 is 0. The van der Waals surface area contributed by atoms with Gasteiger partial charge in [0.25, 0.3) is 0 Å². The number of para-hydroxylation sites is 1. The molecule has 7 rings (SSSR count). The van der Waals surface area contributed by atoms with E-state index in [1.165, 1.54) is 62.9 Å². The van der Waals surface area contributed by atoms with Crippen molar-refractivity contribution in [3.05, 3.63) is 54.5 Å². The monoisotopic (exact) mass is 492 g/mol. The summed E-state index contributed by atoms with van der Waals surface area (Å²) in [7, 11) is 0. The maximum atomic E-state index is 5.04. The molecule has 6 heterocycles. The first-order valence-corrected chi connectivity index (χ1v) is 13.6. The lowest BCUT2D eigenvalue weighted by atomic mass is 10.1. The van der Waals surface area contributed by atoms with E-state index in [4.69, 9.17) is 9.97 Å². The summed E-state index contributed by atoms with van der Waals surface area (Å²) in [6, 6.07) is 10.7. The van der Waals surface area contributed by atoms with Crippen LogP contribution in [-0.2, 0) is 6.54 Å². The zero-order valence-corrected chi connectivity index (χ0v) is 21.1. The molecule has 0 radical (unpaired) electrons. The predicted octanol–water partition coefficient (Wildman–Crippen LogP) is 5.54. The summed E-state index contributed by atoms with van der Waals surface area (Å²) in [5, 5.41) is 8.79. The SMILES string of the molecule is c1cc(N2CCCCC2)c2nc(-c3n[nH]c4cnc(-c5cncc(CN6CCCCC6)c5)cc34)[nH]c2c1. The molecule has 37 heavy (non-hydrogen) atoms. The van der Waals surface area contributed by atoms with Gasteiger partial charge in [-0.25, -0.2) is 4.98 Å². The first-order chi connectivity index (χ1) is 18.3. The van der Waals surface area contributed by atoms with Gasteiger partial charge in [-0.2, -0.15) is 5.10 Å². The molecule has 2 aliphatic rings. The van der Waals surface area contributed by atoms with Crippen molar-refractivity contribution in [2.45, 2.75) is 45.1 Å². The fourth-order valence-corrected chi connectivity index (χ4v) is 5.86. The van der Waals surface area contributed by atoms with Gasteiger partial charge in [-0.1, -0.05) is 12.5 Å². The van der Waals surface area contributed by atoms with Crippen molar-refractivity contribution in [2.75, 3.05) is 31.1 Å². The largest absolute Gasteiger partial charge is 0.370 e. The minimum Gasteiger partial charge on any atom is -0.370 e. The molecule has 0 atom stereocenters. The standard InChI is InChI=1S/C29H32N8/c1-3-10-36(11-4-1)19-20-14-21(17-30-16-20)24-15-22-25(18-31-24)34-35-27(22)29-32-23-8-7-9-26(28(23)33-29)37-12-5-2-6-13-37/h7-9,14-18H,1-6,10-13,19H2,(H,32,33)(H,34,35). The molecule has 0 unspecified atom stereocenters. The third-order valence-electron chi connectivity index (χ3n) is 7.81. The summed E-state index contributed by atoms with van der Waals surface area (Å²) in [6.45, 7) is 5.46. The number of aromatic amines is 2. The highest BCUT2D eigenvalue weighted by Gasteiger charge is 2.19. The van der Waals surface area contributed by atoms with Gasteiger partial charge in [0.1, 0.15) is 11.2 Å². The van der Waals surface area contributed by atoms with Crippen molar-refractivity contribution in [1.29, 1.82) is 0 Å². The lowest BCUT2D eigenvalue weighted by Gasteiger charge is -2.28. The van der Waals surface area contributed by atoms with Crippen LogP contribution in [-0.4, -0.2) is 61.2 Å². The Labute approximate surface area is 216 Å². The number of nitrogens with one attached hydrogen (secondary N) is 2. The Balaban J connectivity index is 1.23. The number of aromatic nitrogens is 6. The zero-order chi connectivity index (χ0) is 24.6. The fraction of sp³-hybridized carbons (Fsp3) is 0.379. The van der Waals surface area contributed by atoms with E-state index in [2.05, 4.69) is 60.3 Å². The molecule has 2 N–H and O–H groups in total. The van der Waals surface area contributed by atoms with Gasteiger partial charge in [0, 0.05) is 43.0 Å². The fourth-order valence-electron chi connectivity index (χ4n) is 5.86. The number of pyridine rings is 2. The molecule has 188 valence electrons. The van der Waals surface area contributed by atoms with E-state index in [0.29, 0.717) is 0 Å². The second-order valence-electron chi connectivity index (χ2n) is 10.4. The molecule has 8 nitrogen and oxygen atoms in total. The van der Waals surface area contributed by atoms with Gasteiger partial charge in [-0.3, -0.25) is 20.0 Å². The van der Waals surface area contributed by atoms with Crippen LogP contribution in [0.5, 0.6) is 0 Å². The molecule has 0 amide bonds. The van der Waals surface area contributed by atoms with Crippen molar-refractivity contribution in [2.24, 2.45) is 0 Å². The van der Waals surface area contributed by atoms with Crippen LogP contribution in [0.1, 0.15) is 44.1 Å². The van der Waals surface area contributed by atoms with Gasteiger partial charge in [0.05, 0.1) is 28.6 Å². The van der Waals surface area contributed by atoms with Crippen molar-refractivity contribution < 1.29 is 0 Å². The van der Waals surface area contributed by atoms with Gasteiger partial charge in [0.2, 0.25) is 0 Å². The number of imidazole rings is 1. The average molecular weight is 493 g/mol. The molecular weight excluding hydrogens is 460 g/mol. The van der Waals surface area contributed by atoms with E-state index < -0.39 is 0 Å². The van der Waals surface area contributed by atoms with Crippen LogP contribution < -0.4 is 4.90 Å². The number of likely N-dealkylation sites (tertiary alicyclic amines) is 1. The smallest absolute Gasteiger partial charge is 0.159 e. The normalized spacial score (nSPS) is 17.1. The Morgan fingerprint density at radius 1 is 0.838 bits per heavy atom. The quantitative estimate of drug-likeness (QED) is 0.335. The van der Waals surface area contributed by atoms with Crippen molar-refractivity contribution >= 4 is 27.6 Å². The molecule has 2 aliphatic heterocycles. The molecule has 1 aromatic carbocycles. The first-order valence-electron chi connectivity index (χ1n) is 13.6. The van der Waals surface area contributed by atoms with E-state index in [9.17, 15) is 0 Å². The second kappa shape index (κ2) is 9.59. The summed E-state index contributed by atoms with van der Waals surface area (Å²) >= 11 is 0. The number of anilines is 1. The van der Waals surface area contributed by atoms with E-state index >= 15 is 0 Å². The Kier molecular flexibility index (Phi) is 5.81. The van der Waals surface area contributed by atoms with Crippen LogP contribution in [0.4, 0.5) is 5.69 Å². The lowest BCUT2D eigenvalue weighted by Crippen LogP contribution is -2.29. The molecule has 0 aliphatic carbocycles. The molecule has 0 bridgehead atoms. The summed E-state index contributed by atoms with van der Waals surface area (Å²) in [5.74, 6) is 0.778. The number of nitrogens with zero attached hydrogens (tertiary/aromatic N) is 6. The van der Waals surface area contributed by atoms with E-state index in [1.54, 1.807) is 0 Å². The zero-order valence-electron chi connectivity index (χ0n) is 21.1. The van der Waals surface area contributed by atoms with E-state index in [0.717, 1.165) is 64.3 Å². The summed E-state index contributed by atoms with van der Waals surface area (Å²) in [6.07, 6.45) is 13.4. The molecule has 8 heteroatoms. The maximum Gasteiger partial charge on any atom is 0.159 e. The number of rotatable bonds is 5. The molecular formula is C29H32N8. The number of fused-ring (bicyclic) bond motifs is 2. The predicted molar refractivity (Wildman–Crippen MR) is 147 cm³/mol. The van der Waals surface area contributed by atoms with Gasteiger partial charge in [0.15, 0.2) is 5.82 Å². The lowest BCUT2D eigenvalue weighted by molar-refractivity contribution is 0.220. The highest BCUT2D eigenvalue weighted by atomic mass is 15.2. The van der Waals surface area contributed by atoms with Gasteiger partial charge in [-0.15, -0.1) is 0 Å². The van der Waals surface area contributed by atoms with Crippen LogP contribution >= 0.6 is 0 Å². The van der Waals surface area contributed by atoms with Crippen molar-refractivity contribution in [3.8, 4) is 22.8 Å². The molecule has 2 saturated heterocycles. The third-order valence-corrected chi connectivity index (χ3v) is 7.81. The number of H-pyrrole nitrogens is 2. The minimum atomic E-state index is 0.778. The van der Waals surface area contributed by atoms with Crippen molar-refractivity contribution in [1.82, 2.24) is 35.0 Å². The summed E-state index contributed by atoms with van der Waals surface area (Å²) in [4.78, 5) is 22.8. The van der Waals surface area contributed by atoms with Crippen LogP contribution in [0, 0.1) is 0 Å². The number of piperidine rings is 2. The van der Waals surface area contributed by atoms with Gasteiger partial charge < -0.3 is 9.88 Å². The number of benzene rings is 1. The molecule has 0 saturated carbocycles. The molecule has 5 aromatic rings. The van der Waals surface area contributed by atoms with Crippen LogP contribution in [0.15, 0.2) is 48.9 Å². The Bertz CT molecular complexity index is 1540. The van der Waals surface area contributed by atoms with Crippen LogP contribution in [0.3, 0.4) is 0 Å². The molecule has 4 aromatic heterocycles. The average Bonchev–Trinajstić information content (AvgIpc) is 3.58. The van der Waals surface area contributed by atoms with E-state index in [1.807, 2.05) is 18.6 Å². The second-order valence-corrected chi connectivity index (χ2v) is 10.4. The molecule has 0 spiro atoms. The highest BCUT2D eigenvalue weighted by Crippen LogP contribution is 2.33. The number of hydrogen-bond acceptors (Lipinski definition) is 6. The minimum absolute atomic E-state index is 0.778. The Morgan fingerprint density at radius 3 is 2.54 bits per heavy atom. The molecule has 2 fully saturated rings. The van der Waals surface area contributed by atoms with Crippen LogP contribution in [0.25, 0.3) is 44.7 Å². The summed E-state index contributed by atoms with van der Waals surface area (Å²) in [5.41, 5.74) is 8.13. The highest BCUT2D eigenvalue weighted by molar-refractivity contribution is 5.96. The first kappa shape index (κ1) is 22.4.